The van der Waals surface area contributed by atoms with Crippen molar-refractivity contribution in [3.63, 3.8) is 0 Å². The Morgan fingerprint density at radius 1 is 1.21 bits per heavy atom. The first kappa shape index (κ1) is 14.9. The summed E-state index contributed by atoms with van der Waals surface area (Å²) in [4.78, 5) is 1.38. The van der Waals surface area contributed by atoms with Crippen LogP contribution >= 0.6 is 34.5 Å². The van der Waals surface area contributed by atoms with Crippen LogP contribution in [0.25, 0.3) is 0 Å². The smallest absolute Gasteiger partial charge is 0.0424 e. The summed E-state index contributed by atoms with van der Waals surface area (Å²) in [6.07, 6.45) is 2.29. The molecule has 0 saturated carbocycles. The van der Waals surface area contributed by atoms with Gasteiger partial charge in [0.25, 0.3) is 0 Å². The van der Waals surface area contributed by atoms with Gasteiger partial charge in [-0.1, -0.05) is 42.6 Å². The van der Waals surface area contributed by atoms with Crippen LogP contribution in [-0.4, -0.2) is 0 Å². The van der Waals surface area contributed by atoms with Gasteiger partial charge in [0.05, 0.1) is 0 Å². The number of hydrogen-bond donors (Lipinski definition) is 1. The molecule has 0 amide bonds. The van der Waals surface area contributed by atoms with E-state index in [-0.39, 0.29) is 0 Å². The minimum absolute atomic E-state index is 0.405. The highest BCUT2D eigenvalue weighted by atomic mass is 35.5. The highest BCUT2D eigenvalue weighted by Crippen LogP contribution is 2.24. The maximum atomic E-state index is 6.02. The summed E-state index contributed by atoms with van der Waals surface area (Å²) < 4.78 is 0. The van der Waals surface area contributed by atoms with E-state index >= 15 is 0 Å². The maximum absolute atomic E-state index is 6.02. The van der Waals surface area contributed by atoms with Gasteiger partial charge >= 0.3 is 0 Å². The molecule has 102 valence electrons. The summed E-state index contributed by atoms with van der Waals surface area (Å²) in [5.41, 5.74) is 1.12. The molecular formula is C15H17Cl2NS. The first-order chi connectivity index (χ1) is 9.19. The zero-order valence-corrected chi connectivity index (χ0v) is 13.2. The van der Waals surface area contributed by atoms with Crippen molar-refractivity contribution < 1.29 is 0 Å². The lowest BCUT2D eigenvalue weighted by atomic mass is 10.1. The van der Waals surface area contributed by atoms with Crippen LogP contribution in [0.15, 0.2) is 35.7 Å². The molecule has 2 rings (SSSR count). The minimum Gasteiger partial charge on any atom is -0.305 e. The molecule has 0 fully saturated rings. The van der Waals surface area contributed by atoms with Crippen LogP contribution in [0, 0.1) is 0 Å². The Bertz CT molecular complexity index is 491. The Morgan fingerprint density at radius 2 is 1.95 bits per heavy atom. The molecule has 1 aromatic carbocycles. The molecule has 0 aliphatic carbocycles. The summed E-state index contributed by atoms with van der Waals surface area (Å²) in [6, 6.07) is 10.4. The van der Waals surface area contributed by atoms with Crippen LogP contribution in [-0.2, 0) is 6.54 Å². The molecule has 0 aliphatic heterocycles. The van der Waals surface area contributed by atoms with Gasteiger partial charge in [-0.2, -0.15) is 0 Å². The number of rotatable bonds is 6. The molecule has 4 heteroatoms. The van der Waals surface area contributed by atoms with Gasteiger partial charge in [0, 0.05) is 27.5 Å². The molecule has 1 nitrogen and oxygen atoms in total. The van der Waals surface area contributed by atoms with E-state index in [0.717, 1.165) is 24.9 Å². The van der Waals surface area contributed by atoms with Crippen molar-refractivity contribution in [2.24, 2.45) is 0 Å². The lowest BCUT2D eigenvalue weighted by Gasteiger charge is -2.17. The van der Waals surface area contributed by atoms with Crippen LogP contribution in [0.1, 0.15) is 36.2 Å². The predicted molar refractivity (Wildman–Crippen MR) is 85.3 cm³/mol. The molecule has 0 saturated heterocycles. The second-order valence-corrected chi connectivity index (χ2v) is 6.37. The maximum Gasteiger partial charge on any atom is 0.0424 e. The fourth-order valence-electron chi connectivity index (χ4n) is 2.08. The van der Waals surface area contributed by atoms with Gasteiger partial charge in [-0.05, 0) is 41.6 Å². The van der Waals surface area contributed by atoms with Gasteiger partial charge < -0.3 is 5.32 Å². The third-order valence-electron chi connectivity index (χ3n) is 2.94. The number of benzene rings is 1. The van der Waals surface area contributed by atoms with E-state index in [1.165, 1.54) is 4.88 Å². The van der Waals surface area contributed by atoms with Crippen molar-refractivity contribution in [3.8, 4) is 0 Å². The molecular weight excluding hydrogens is 297 g/mol. The number of halogens is 2. The van der Waals surface area contributed by atoms with E-state index in [9.17, 15) is 0 Å². The monoisotopic (exact) mass is 313 g/mol. The predicted octanol–water partition coefficient (Wildman–Crippen LogP) is 5.69. The Kier molecular flexibility index (Phi) is 5.71. The average Bonchev–Trinajstić information content (AvgIpc) is 2.87. The molecule has 1 heterocycles. The third kappa shape index (κ3) is 4.50. The van der Waals surface area contributed by atoms with Gasteiger partial charge in [0.2, 0.25) is 0 Å². The third-order valence-corrected chi connectivity index (χ3v) is 4.36. The van der Waals surface area contributed by atoms with Gasteiger partial charge in [-0.3, -0.25) is 0 Å². The second kappa shape index (κ2) is 7.30. The van der Waals surface area contributed by atoms with Crippen molar-refractivity contribution >= 4 is 34.5 Å². The van der Waals surface area contributed by atoms with Gasteiger partial charge in [0.15, 0.2) is 0 Å². The van der Waals surface area contributed by atoms with Crippen molar-refractivity contribution in [1.82, 2.24) is 5.32 Å². The van der Waals surface area contributed by atoms with E-state index in [1.807, 2.05) is 12.1 Å². The molecule has 0 radical (unpaired) electrons. The molecule has 2 aromatic rings. The largest absolute Gasteiger partial charge is 0.305 e. The molecule has 1 unspecified atom stereocenters. The summed E-state index contributed by atoms with van der Waals surface area (Å²) in [6.45, 7) is 2.99. The fourth-order valence-corrected chi connectivity index (χ4v) is 3.49. The van der Waals surface area contributed by atoms with Crippen LogP contribution in [0.2, 0.25) is 10.0 Å². The quantitative estimate of drug-likeness (QED) is 0.722. The standard InChI is InChI=1S/C15H17Cl2NS/c1-2-4-14(15-5-3-6-19-15)18-10-11-7-12(16)9-13(17)8-11/h3,5-9,14,18H,2,4,10H2,1H3. The first-order valence-corrected chi connectivity index (χ1v) is 8.04. The Balaban J connectivity index is 2.02. The number of hydrogen-bond acceptors (Lipinski definition) is 2. The van der Waals surface area contributed by atoms with Gasteiger partial charge in [-0.15, -0.1) is 11.3 Å². The summed E-state index contributed by atoms with van der Waals surface area (Å²) >= 11 is 13.8. The molecule has 1 N–H and O–H groups in total. The van der Waals surface area contributed by atoms with Gasteiger partial charge in [0.1, 0.15) is 0 Å². The zero-order chi connectivity index (χ0) is 13.7. The van der Waals surface area contributed by atoms with Crippen molar-refractivity contribution in [2.75, 3.05) is 0 Å². The lowest BCUT2D eigenvalue weighted by molar-refractivity contribution is 0.500. The highest BCUT2D eigenvalue weighted by molar-refractivity contribution is 7.10. The van der Waals surface area contributed by atoms with Gasteiger partial charge in [-0.25, -0.2) is 0 Å². The topological polar surface area (TPSA) is 12.0 Å². The van der Waals surface area contributed by atoms with E-state index < -0.39 is 0 Å². The highest BCUT2D eigenvalue weighted by Gasteiger charge is 2.11. The molecule has 0 bridgehead atoms. The first-order valence-electron chi connectivity index (χ1n) is 6.40. The molecule has 0 spiro atoms. The Hall–Kier alpha value is -0.540. The summed E-state index contributed by atoms with van der Waals surface area (Å²) in [5.74, 6) is 0. The van der Waals surface area contributed by atoms with E-state index in [4.69, 9.17) is 23.2 Å². The Morgan fingerprint density at radius 3 is 2.53 bits per heavy atom. The van der Waals surface area contributed by atoms with E-state index in [0.29, 0.717) is 16.1 Å². The molecule has 19 heavy (non-hydrogen) atoms. The zero-order valence-electron chi connectivity index (χ0n) is 10.8. The van der Waals surface area contributed by atoms with E-state index in [2.05, 4.69) is 29.8 Å². The van der Waals surface area contributed by atoms with Crippen LogP contribution < -0.4 is 5.32 Å². The Labute approximate surface area is 128 Å². The van der Waals surface area contributed by atoms with Crippen molar-refractivity contribution in [1.29, 1.82) is 0 Å². The molecule has 1 aromatic heterocycles. The fraction of sp³-hybridized carbons (Fsp3) is 0.333. The van der Waals surface area contributed by atoms with Crippen LogP contribution in [0.4, 0.5) is 0 Å². The summed E-state index contributed by atoms with van der Waals surface area (Å²) in [7, 11) is 0. The minimum atomic E-state index is 0.405. The van der Waals surface area contributed by atoms with Crippen molar-refractivity contribution in [2.45, 2.75) is 32.4 Å². The van der Waals surface area contributed by atoms with Crippen molar-refractivity contribution in [3.05, 3.63) is 56.2 Å². The SMILES string of the molecule is CCCC(NCc1cc(Cl)cc(Cl)c1)c1cccs1. The van der Waals surface area contributed by atoms with Crippen LogP contribution in [0.5, 0.6) is 0 Å². The molecule has 1 atom stereocenters. The second-order valence-electron chi connectivity index (χ2n) is 4.52. The van der Waals surface area contributed by atoms with Crippen LogP contribution in [0.3, 0.4) is 0 Å². The lowest BCUT2D eigenvalue weighted by Crippen LogP contribution is -2.19. The average molecular weight is 314 g/mol. The molecule has 0 aliphatic rings. The summed E-state index contributed by atoms with van der Waals surface area (Å²) in [5, 5.41) is 7.08. The number of thiophene rings is 1. The number of nitrogens with one attached hydrogen (secondary N) is 1. The van der Waals surface area contributed by atoms with E-state index in [1.54, 1.807) is 17.4 Å². The normalized spacial score (nSPS) is 12.6.